The van der Waals surface area contributed by atoms with Gasteiger partial charge in [0.1, 0.15) is 5.60 Å². The predicted octanol–water partition coefficient (Wildman–Crippen LogP) is 1.37. The summed E-state index contributed by atoms with van der Waals surface area (Å²) in [5, 5.41) is 2.55. The molecule has 0 aliphatic carbocycles. The minimum atomic E-state index is -3.38. The second-order valence-corrected chi connectivity index (χ2v) is 7.86. The molecule has 0 atom stereocenters. The molecule has 0 unspecified atom stereocenters. The van der Waals surface area contributed by atoms with Crippen LogP contribution in [-0.4, -0.2) is 48.7 Å². The highest BCUT2D eigenvalue weighted by molar-refractivity contribution is 7.88. The van der Waals surface area contributed by atoms with E-state index in [4.69, 9.17) is 4.74 Å². The largest absolute Gasteiger partial charge is 0.444 e. The lowest BCUT2D eigenvalue weighted by Gasteiger charge is -2.22. The zero-order chi connectivity index (χ0) is 16.8. The molecular weight excluding hydrogens is 306 g/mol. The highest BCUT2D eigenvalue weighted by atomic mass is 32.2. The monoisotopic (exact) mass is 329 g/mol. The summed E-state index contributed by atoms with van der Waals surface area (Å²) < 4.78 is 30.0. The second-order valence-electron chi connectivity index (χ2n) is 5.88. The van der Waals surface area contributed by atoms with Crippen LogP contribution < -0.4 is 5.32 Å². The van der Waals surface area contributed by atoms with Gasteiger partial charge in [-0.05, 0) is 38.5 Å². The number of pyridine rings is 1. The van der Waals surface area contributed by atoms with Gasteiger partial charge >= 0.3 is 6.09 Å². The van der Waals surface area contributed by atoms with E-state index in [1.54, 1.807) is 45.3 Å². The molecule has 1 amide bonds. The van der Waals surface area contributed by atoms with Crippen molar-refractivity contribution in [3.05, 3.63) is 30.1 Å². The summed E-state index contributed by atoms with van der Waals surface area (Å²) in [7, 11) is -3.38. The molecule has 1 aromatic rings. The number of nitrogens with one attached hydrogen (secondary N) is 1. The van der Waals surface area contributed by atoms with Gasteiger partial charge < -0.3 is 10.1 Å². The van der Waals surface area contributed by atoms with Crippen LogP contribution in [0.4, 0.5) is 4.79 Å². The molecule has 0 radical (unpaired) electrons. The number of carbonyl (C=O) groups excluding carboxylic acids is 1. The van der Waals surface area contributed by atoms with Crippen molar-refractivity contribution >= 4 is 16.1 Å². The van der Waals surface area contributed by atoms with Crippen molar-refractivity contribution in [3.63, 3.8) is 0 Å². The average molecular weight is 329 g/mol. The standard InChI is InChI=1S/C14H23N3O4S/c1-14(2,3)21-13(18)16-9-10-17(22(4,19)20)11-12-5-7-15-8-6-12/h5-8H,9-11H2,1-4H3,(H,16,18). The Bertz CT molecular complexity index is 582. The number of amides is 1. The maximum atomic E-state index is 11.8. The van der Waals surface area contributed by atoms with Gasteiger partial charge in [-0.25, -0.2) is 13.2 Å². The predicted molar refractivity (Wildman–Crippen MR) is 83.7 cm³/mol. The maximum absolute atomic E-state index is 11.8. The van der Waals surface area contributed by atoms with E-state index in [9.17, 15) is 13.2 Å². The number of rotatable bonds is 6. The molecule has 8 heteroatoms. The van der Waals surface area contributed by atoms with Gasteiger partial charge in [-0.1, -0.05) is 0 Å². The third-order valence-electron chi connectivity index (χ3n) is 2.61. The average Bonchev–Trinajstić information content (AvgIpc) is 2.35. The van der Waals surface area contributed by atoms with Crippen LogP contribution >= 0.6 is 0 Å². The van der Waals surface area contributed by atoms with Crippen LogP contribution in [0.1, 0.15) is 26.3 Å². The molecule has 0 bridgehead atoms. The second kappa shape index (κ2) is 7.55. The van der Waals surface area contributed by atoms with E-state index in [1.807, 2.05) is 0 Å². The summed E-state index contributed by atoms with van der Waals surface area (Å²) in [6, 6.07) is 3.50. The van der Waals surface area contributed by atoms with Crippen molar-refractivity contribution in [1.29, 1.82) is 0 Å². The van der Waals surface area contributed by atoms with Crippen molar-refractivity contribution < 1.29 is 17.9 Å². The van der Waals surface area contributed by atoms with Gasteiger partial charge in [0.25, 0.3) is 0 Å². The number of carbonyl (C=O) groups is 1. The minimum Gasteiger partial charge on any atom is -0.444 e. The normalized spacial score (nSPS) is 12.2. The first-order chi connectivity index (χ1) is 10.1. The number of hydrogen-bond acceptors (Lipinski definition) is 5. The van der Waals surface area contributed by atoms with E-state index in [0.29, 0.717) is 0 Å². The molecule has 1 heterocycles. The fourth-order valence-corrected chi connectivity index (χ4v) is 2.46. The number of hydrogen-bond donors (Lipinski definition) is 1. The molecule has 1 rings (SSSR count). The van der Waals surface area contributed by atoms with Gasteiger partial charge in [-0.2, -0.15) is 4.31 Å². The van der Waals surface area contributed by atoms with E-state index in [0.717, 1.165) is 11.8 Å². The third-order valence-corrected chi connectivity index (χ3v) is 3.86. The molecule has 124 valence electrons. The SMILES string of the molecule is CC(C)(C)OC(=O)NCCN(Cc1ccncc1)S(C)(=O)=O. The molecule has 0 aliphatic heterocycles. The van der Waals surface area contributed by atoms with Crippen LogP contribution in [-0.2, 0) is 21.3 Å². The topological polar surface area (TPSA) is 88.6 Å². The quantitative estimate of drug-likeness (QED) is 0.851. The highest BCUT2D eigenvalue weighted by Crippen LogP contribution is 2.08. The molecule has 0 aliphatic rings. The molecule has 1 aromatic heterocycles. The fourth-order valence-electron chi connectivity index (χ4n) is 1.65. The van der Waals surface area contributed by atoms with Crippen molar-refractivity contribution in [2.75, 3.05) is 19.3 Å². The summed E-state index contributed by atoms with van der Waals surface area (Å²) in [6.07, 6.45) is 3.79. The molecule has 0 saturated heterocycles. The Morgan fingerprint density at radius 2 is 1.91 bits per heavy atom. The third kappa shape index (κ3) is 7.37. The Balaban J connectivity index is 2.55. The molecule has 0 saturated carbocycles. The van der Waals surface area contributed by atoms with Gasteiger partial charge in [-0.15, -0.1) is 0 Å². The van der Waals surface area contributed by atoms with Crippen LogP contribution in [0, 0.1) is 0 Å². The molecule has 0 spiro atoms. The minimum absolute atomic E-state index is 0.167. The van der Waals surface area contributed by atoms with Gasteiger partial charge in [-0.3, -0.25) is 4.98 Å². The Kier molecular flexibility index (Phi) is 6.31. The lowest BCUT2D eigenvalue weighted by atomic mass is 10.2. The Hall–Kier alpha value is -1.67. The zero-order valence-corrected chi connectivity index (χ0v) is 14.2. The Morgan fingerprint density at radius 1 is 1.32 bits per heavy atom. The highest BCUT2D eigenvalue weighted by Gasteiger charge is 2.19. The van der Waals surface area contributed by atoms with Crippen molar-refractivity contribution in [3.8, 4) is 0 Å². The molecule has 7 nitrogen and oxygen atoms in total. The number of alkyl carbamates (subject to hydrolysis) is 1. The first-order valence-electron chi connectivity index (χ1n) is 6.89. The van der Waals surface area contributed by atoms with E-state index in [2.05, 4.69) is 10.3 Å². The van der Waals surface area contributed by atoms with Crippen molar-refractivity contribution in [2.24, 2.45) is 0 Å². The number of nitrogens with zero attached hydrogens (tertiary/aromatic N) is 2. The van der Waals surface area contributed by atoms with Crippen LogP contribution in [0.15, 0.2) is 24.5 Å². The van der Waals surface area contributed by atoms with E-state index in [1.165, 1.54) is 4.31 Å². The summed E-state index contributed by atoms with van der Waals surface area (Å²) in [6.45, 7) is 5.86. The van der Waals surface area contributed by atoms with Gasteiger partial charge in [0.05, 0.1) is 6.26 Å². The van der Waals surface area contributed by atoms with E-state index < -0.39 is 21.7 Å². The van der Waals surface area contributed by atoms with Crippen LogP contribution in [0.2, 0.25) is 0 Å². The molecule has 0 fully saturated rings. The number of aromatic nitrogens is 1. The van der Waals surface area contributed by atoms with Crippen LogP contribution in [0.3, 0.4) is 0 Å². The fraction of sp³-hybridized carbons (Fsp3) is 0.571. The number of sulfonamides is 1. The smallest absolute Gasteiger partial charge is 0.407 e. The molecular formula is C14H23N3O4S. The van der Waals surface area contributed by atoms with Crippen molar-refractivity contribution in [1.82, 2.24) is 14.6 Å². The van der Waals surface area contributed by atoms with Gasteiger partial charge in [0.15, 0.2) is 0 Å². The summed E-state index contributed by atoms with van der Waals surface area (Å²) in [5.74, 6) is 0. The van der Waals surface area contributed by atoms with Crippen molar-refractivity contribution in [2.45, 2.75) is 32.9 Å². The Labute approximate surface area is 131 Å². The summed E-state index contributed by atoms with van der Waals surface area (Å²) >= 11 is 0. The zero-order valence-electron chi connectivity index (χ0n) is 13.4. The van der Waals surface area contributed by atoms with Gasteiger partial charge in [0.2, 0.25) is 10.0 Å². The molecule has 1 N–H and O–H groups in total. The molecule has 22 heavy (non-hydrogen) atoms. The Morgan fingerprint density at radius 3 is 2.41 bits per heavy atom. The number of ether oxygens (including phenoxy) is 1. The molecule has 0 aromatic carbocycles. The lowest BCUT2D eigenvalue weighted by Crippen LogP contribution is -2.39. The maximum Gasteiger partial charge on any atom is 0.407 e. The first-order valence-corrected chi connectivity index (χ1v) is 8.73. The van der Waals surface area contributed by atoms with E-state index >= 15 is 0 Å². The first kappa shape index (κ1) is 18.4. The van der Waals surface area contributed by atoms with Crippen LogP contribution in [0.5, 0.6) is 0 Å². The summed E-state index contributed by atoms with van der Waals surface area (Å²) in [5.41, 5.74) is 0.246. The van der Waals surface area contributed by atoms with E-state index in [-0.39, 0.29) is 19.6 Å². The summed E-state index contributed by atoms with van der Waals surface area (Å²) in [4.78, 5) is 15.4. The lowest BCUT2D eigenvalue weighted by molar-refractivity contribution is 0.0525. The van der Waals surface area contributed by atoms with Gasteiger partial charge in [0, 0.05) is 32.0 Å². The van der Waals surface area contributed by atoms with Crippen LogP contribution in [0.25, 0.3) is 0 Å².